The number of aromatic nitrogens is 2. The van der Waals surface area contributed by atoms with E-state index in [-0.39, 0.29) is 0 Å². The van der Waals surface area contributed by atoms with Crippen molar-refractivity contribution >= 4 is 39.0 Å². The number of rotatable bonds is 3. The van der Waals surface area contributed by atoms with Crippen molar-refractivity contribution in [2.75, 3.05) is 25.2 Å². The third-order valence-electron chi connectivity index (χ3n) is 3.53. The average molecular weight is 298 g/mol. The Morgan fingerprint density at radius 1 is 1.53 bits per heavy atom. The van der Waals surface area contributed by atoms with E-state index < -0.39 is 0 Å². The topological polar surface area (TPSA) is 38.2 Å². The van der Waals surface area contributed by atoms with E-state index in [1.54, 1.807) is 11.3 Å². The molecule has 0 amide bonds. The van der Waals surface area contributed by atoms with Gasteiger partial charge in [-0.05, 0) is 30.5 Å². The molecule has 1 fully saturated rings. The summed E-state index contributed by atoms with van der Waals surface area (Å²) >= 11 is 7.75. The normalized spacial score (nSPS) is 19.2. The van der Waals surface area contributed by atoms with Crippen LogP contribution < -0.4 is 4.90 Å². The first kappa shape index (κ1) is 13.1. The van der Waals surface area contributed by atoms with Gasteiger partial charge in [0.15, 0.2) is 0 Å². The maximum atomic E-state index is 6.05. The number of hydrogen-bond acceptors (Lipinski definition) is 5. The standard InChI is InChI=1S/C13H16ClN3OS/c1-3-9-6-10-11(15-13(14)16-12(10)19-9)17(2)8-4-5-18-7-8/h6,8H,3-5,7H2,1-2H3. The molecular weight excluding hydrogens is 282 g/mol. The molecule has 2 aromatic heterocycles. The van der Waals surface area contributed by atoms with E-state index in [0.717, 1.165) is 42.1 Å². The van der Waals surface area contributed by atoms with Crippen molar-refractivity contribution in [2.45, 2.75) is 25.8 Å². The lowest BCUT2D eigenvalue weighted by atomic mass is 10.2. The van der Waals surface area contributed by atoms with Crippen LogP contribution in [0.15, 0.2) is 6.07 Å². The zero-order chi connectivity index (χ0) is 13.4. The van der Waals surface area contributed by atoms with Crippen LogP contribution >= 0.6 is 22.9 Å². The predicted molar refractivity (Wildman–Crippen MR) is 79.4 cm³/mol. The molecule has 0 spiro atoms. The average Bonchev–Trinajstić information content (AvgIpc) is 3.05. The summed E-state index contributed by atoms with van der Waals surface area (Å²) in [6.45, 7) is 3.72. The molecule has 1 aliphatic heterocycles. The fourth-order valence-corrected chi connectivity index (χ4v) is 3.55. The van der Waals surface area contributed by atoms with Crippen LogP contribution in [0, 0.1) is 0 Å². The number of nitrogens with zero attached hydrogens (tertiary/aromatic N) is 3. The number of ether oxygens (including phenoxy) is 1. The first-order chi connectivity index (χ1) is 9.19. The SMILES string of the molecule is CCc1cc2c(N(C)C3CCOC3)nc(Cl)nc2s1. The van der Waals surface area contributed by atoms with Gasteiger partial charge in [-0.15, -0.1) is 11.3 Å². The molecule has 1 atom stereocenters. The second-order valence-corrected chi connectivity index (χ2v) is 6.18. The molecule has 6 heteroatoms. The molecule has 0 radical (unpaired) electrons. The van der Waals surface area contributed by atoms with Gasteiger partial charge in [0.1, 0.15) is 10.6 Å². The smallest absolute Gasteiger partial charge is 0.225 e. The van der Waals surface area contributed by atoms with Crippen molar-refractivity contribution in [1.29, 1.82) is 0 Å². The van der Waals surface area contributed by atoms with Gasteiger partial charge >= 0.3 is 0 Å². The minimum absolute atomic E-state index is 0.317. The molecule has 1 aliphatic rings. The summed E-state index contributed by atoms with van der Waals surface area (Å²) in [6, 6.07) is 2.55. The Labute approximate surface area is 121 Å². The zero-order valence-electron chi connectivity index (χ0n) is 11.0. The molecule has 0 bridgehead atoms. The molecule has 3 heterocycles. The summed E-state index contributed by atoms with van der Waals surface area (Å²) < 4.78 is 5.45. The molecule has 102 valence electrons. The summed E-state index contributed by atoms with van der Waals surface area (Å²) in [6.07, 6.45) is 2.04. The number of halogens is 1. The molecule has 19 heavy (non-hydrogen) atoms. The highest BCUT2D eigenvalue weighted by Gasteiger charge is 2.24. The maximum Gasteiger partial charge on any atom is 0.225 e. The molecule has 3 rings (SSSR count). The van der Waals surface area contributed by atoms with Crippen molar-refractivity contribution < 1.29 is 4.74 Å². The first-order valence-electron chi connectivity index (χ1n) is 6.45. The molecule has 2 aromatic rings. The van der Waals surface area contributed by atoms with E-state index in [1.165, 1.54) is 4.88 Å². The van der Waals surface area contributed by atoms with Crippen LogP contribution in [-0.2, 0) is 11.2 Å². The van der Waals surface area contributed by atoms with E-state index in [2.05, 4.69) is 34.9 Å². The second kappa shape index (κ2) is 5.23. The summed E-state index contributed by atoms with van der Waals surface area (Å²) in [4.78, 5) is 13.2. The van der Waals surface area contributed by atoms with E-state index >= 15 is 0 Å². The quantitative estimate of drug-likeness (QED) is 0.816. The van der Waals surface area contributed by atoms with E-state index in [1.807, 2.05) is 0 Å². The molecule has 0 aromatic carbocycles. The fourth-order valence-electron chi connectivity index (χ4n) is 2.37. The van der Waals surface area contributed by atoms with Crippen molar-refractivity contribution in [3.63, 3.8) is 0 Å². The molecule has 1 unspecified atom stereocenters. The second-order valence-electron chi connectivity index (χ2n) is 4.73. The van der Waals surface area contributed by atoms with Crippen molar-refractivity contribution in [3.8, 4) is 0 Å². The van der Waals surface area contributed by atoms with Gasteiger partial charge in [0.05, 0.1) is 18.0 Å². The van der Waals surface area contributed by atoms with Crippen LogP contribution in [0.5, 0.6) is 0 Å². The largest absolute Gasteiger partial charge is 0.379 e. The van der Waals surface area contributed by atoms with Gasteiger partial charge in [-0.25, -0.2) is 4.98 Å². The number of anilines is 1. The highest BCUT2D eigenvalue weighted by Crippen LogP contribution is 2.33. The summed E-state index contributed by atoms with van der Waals surface area (Å²) in [7, 11) is 2.06. The van der Waals surface area contributed by atoms with E-state index in [9.17, 15) is 0 Å². The molecule has 1 saturated heterocycles. The minimum Gasteiger partial charge on any atom is -0.379 e. The maximum absolute atomic E-state index is 6.05. The number of likely N-dealkylation sites (N-methyl/N-ethyl adjacent to an activating group) is 1. The number of fused-ring (bicyclic) bond motifs is 1. The zero-order valence-corrected chi connectivity index (χ0v) is 12.6. The lowest BCUT2D eigenvalue weighted by molar-refractivity contribution is 0.193. The van der Waals surface area contributed by atoms with Crippen LogP contribution in [0.4, 0.5) is 5.82 Å². The molecule has 0 aliphatic carbocycles. The van der Waals surface area contributed by atoms with Crippen molar-refractivity contribution in [1.82, 2.24) is 9.97 Å². The van der Waals surface area contributed by atoms with Crippen LogP contribution in [0.2, 0.25) is 5.28 Å². The van der Waals surface area contributed by atoms with Gasteiger partial charge in [0, 0.05) is 18.5 Å². The molecule has 4 nitrogen and oxygen atoms in total. The lowest BCUT2D eigenvalue weighted by Crippen LogP contribution is -2.32. The summed E-state index contributed by atoms with van der Waals surface area (Å²) in [5.41, 5.74) is 0. The van der Waals surface area contributed by atoms with E-state index in [0.29, 0.717) is 11.3 Å². The Morgan fingerprint density at radius 2 is 2.37 bits per heavy atom. The fraction of sp³-hybridized carbons (Fsp3) is 0.538. The van der Waals surface area contributed by atoms with Gasteiger partial charge in [-0.2, -0.15) is 4.98 Å². The van der Waals surface area contributed by atoms with Crippen LogP contribution in [0.3, 0.4) is 0 Å². The van der Waals surface area contributed by atoms with Crippen molar-refractivity contribution in [2.24, 2.45) is 0 Å². The first-order valence-corrected chi connectivity index (χ1v) is 7.65. The van der Waals surface area contributed by atoms with Crippen LogP contribution in [0.1, 0.15) is 18.2 Å². The number of aryl methyl sites for hydroxylation is 1. The third kappa shape index (κ3) is 2.42. The lowest BCUT2D eigenvalue weighted by Gasteiger charge is -2.24. The number of hydrogen-bond donors (Lipinski definition) is 0. The van der Waals surface area contributed by atoms with Gasteiger partial charge in [0.2, 0.25) is 5.28 Å². The number of thiophene rings is 1. The monoisotopic (exact) mass is 297 g/mol. The van der Waals surface area contributed by atoms with Gasteiger partial charge in [-0.3, -0.25) is 0 Å². The van der Waals surface area contributed by atoms with Gasteiger partial charge in [-0.1, -0.05) is 6.92 Å². The summed E-state index contributed by atoms with van der Waals surface area (Å²) in [5.74, 6) is 0.918. The highest BCUT2D eigenvalue weighted by molar-refractivity contribution is 7.18. The Morgan fingerprint density at radius 3 is 3.05 bits per heavy atom. The summed E-state index contributed by atoms with van der Waals surface area (Å²) in [5, 5.41) is 1.42. The Kier molecular flexibility index (Phi) is 3.60. The van der Waals surface area contributed by atoms with Crippen LogP contribution in [0.25, 0.3) is 10.2 Å². The minimum atomic E-state index is 0.317. The van der Waals surface area contributed by atoms with Gasteiger partial charge in [0.25, 0.3) is 0 Å². The Balaban J connectivity index is 2.07. The Bertz CT molecular complexity index is 595. The predicted octanol–water partition coefficient (Wildman–Crippen LogP) is 3.13. The molecule has 0 N–H and O–H groups in total. The van der Waals surface area contributed by atoms with E-state index in [4.69, 9.17) is 16.3 Å². The third-order valence-corrected chi connectivity index (χ3v) is 4.87. The van der Waals surface area contributed by atoms with Gasteiger partial charge < -0.3 is 9.64 Å². The van der Waals surface area contributed by atoms with Crippen LogP contribution in [-0.4, -0.2) is 36.3 Å². The Hall–Kier alpha value is -0.910. The molecule has 0 saturated carbocycles. The van der Waals surface area contributed by atoms with Crippen molar-refractivity contribution in [3.05, 3.63) is 16.2 Å². The highest BCUT2D eigenvalue weighted by atomic mass is 35.5. The molecular formula is C13H16ClN3OS.